The van der Waals surface area contributed by atoms with Crippen LogP contribution in [0.4, 0.5) is 4.39 Å². The van der Waals surface area contributed by atoms with Gasteiger partial charge < -0.3 is 9.47 Å². The van der Waals surface area contributed by atoms with Crippen molar-refractivity contribution >= 4 is 0 Å². The van der Waals surface area contributed by atoms with Crippen LogP contribution in [0.5, 0.6) is 0 Å². The molecule has 0 bridgehead atoms. The SMILES string of the molecule is CCC1(COCc2ccccc2F)CCCC(C)(C#N)O1. The highest BCUT2D eigenvalue weighted by Gasteiger charge is 2.42. The van der Waals surface area contributed by atoms with E-state index >= 15 is 0 Å². The summed E-state index contributed by atoms with van der Waals surface area (Å²) >= 11 is 0. The van der Waals surface area contributed by atoms with Crippen molar-refractivity contribution in [3.63, 3.8) is 0 Å². The van der Waals surface area contributed by atoms with E-state index in [1.54, 1.807) is 18.2 Å². The largest absolute Gasteiger partial charge is 0.374 e. The van der Waals surface area contributed by atoms with Crippen molar-refractivity contribution in [2.24, 2.45) is 0 Å². The second-order valence-corrected chi connectivity index (χ2v) is 5.92. The second-order valence-electron chi connectivity index (χ2n) is 5.92. The molecule has 114 valence electrons. The minimum Gasteiger partial charge on any atom is -0.374 e. The van der Waals surface area contributed by atoms with Crippen LogP contribution in [0.25, 0.3) is 0 Å². The van der Waals surface area contributed by atoms with Gasteiger partial charge in [0.25, 0.3) is 0 Å². The summed E-state index contributed by atoms with van der Waals surface area (Å²) in [5.41, 5.74) is -0.633. The van der Waals surface area contributed by atoms with Gasteiger partial charge in [-0.15, -0.1) is 0 Å². The number of ether oxygens (including phenoxy) is 2. The predicted octanol–water partition coefficient (Wildman–Crippen LogP) is 3.97. The van der Waals surface area contributed by atoms with Crippen molar-refractivity contribution < 1.29 is 13.9 Å². The summed E-state index contributed by atoms with van der Waals surface area (Å²) in [5.74, 6) is -0.255. The predicted molar refractivity (Wildman–Crippen MR) is 78.0 cm³/mol. The fraction of sp³-hybridized carbons (Fsp3) is 0.588. The highest BCUT2D eigenvalue weighted by Crippen LogP contribution is 2.37. The van der Waals surface area contributed by atoms with E-state index in [-0.39, 0.29) is 12.4 Å². The Morgan fingerprint density at radius 1 is 1.38 bits per heavy atom. The summed E-state index contributed by atoms with van der Waals surface area (Å²) in [6.07, 6.45) is 3.35. The van der Waals surface area contributed by atoms with Crippen LogP contribution in [-0.2, 0) is 16.1 Å². The van der Waals surface area contributed by atoms with Crippen LogP contribution < -0.4 is 0 Å². The van der Waals surface area contributed by atoms with Gasteiger partial charge >= 0.3 is 0 Å². The Kier molecular flexibility index (Phi) is 4.97. The third-order valence-corrected chi connectivity index (χ3v) is 4.19. The highest BCUT2D eigenvalue weighted by atomic mass is 19.1. The maximum absolute atomic E-state index is 13.6. The standard InChI is InChI=1S/C17H22FNO2/c1-3-17(10-6-9-16(2,12-19)21-17)13-20-11-14-7-4-5-8-15(14)18/h4-5,7-8H,3,6,9-11,13H2,1-2H3. The molecule has 1 aromatic rings. The molecule has 1 heterocycles. The van der Waals surface area contributed by atoms with Crippen LogP contribution in [0, 0.1) is 17.1 Å². The zero-order chi connectivity index (χ0) is 15.3. The van der Waals surface area contributed by atoms with Crippen molar-refractivity contribution in [3.8, 4) is 6.07 Å². The van der Waals surface area contributed by atoms with Crippen molar-refractivity contribution in [2.75, 3.05) is 6.61 Å². The van der Waals surface area contributed by atoms with Gasteiger partial charge in [0.1, 0.15) is 5.82 Å². The van der Waals surface area contributed by atoms with E-state index < -0.39 is 11.2 Å². The Morgan fingerprint density at radius 2 is 2.14 bits per heavy atom. The molecular weight excluding hydrogens is 269 g/mol. The van der Waals surface area contributed by atoms with E-state index in [0.29, 0.717) is 12.2 Å². The van der Waals surface area contributed by atoms with Gasteiger partial charge in [-0.3, -0.25) is 0 Å². The maximum Gasteiger partial charge on any atom is 0.152 e. The topological polar surface area (TPSA) is 42.2 Å². The van der Waals surface area contributed by atoms with Crippen LogP contribution in [-0.4, -0.2) is 17.8 Å². The van der Waals surface area contributed by atoms with E-state index in [9.17, 15) is 9.65 Å². The molecule has 0 saturated carbocycles. The summed E-state index contributed by atoms with van der Waals surface area (Å²) < 4.78 is 25.3. The number of hydrogen-bond acceptors (Lipinski definition) is 3. The minimum absolute atomic E-state index is 0.223. The molecule has 1 aliphatic heterocycles. The van der Waals surface area contributed by atoms with Gasteiger partial charge in [0.05, 0.1) is 24.9 Å². The average Bonchev–Trinajstić information content (AvgIpc) is 2.49. The summed E-state index contributed by atoms with van der Waals surface area (Å²) in [7, 11) is 0. The van der Waals surface area contributed by atoms with Gasteiger partial charge in [0.15, 0.2) is 5.60 Å². The van der Waals surface area contributed by atoms with Crippen LogP contribution in [0.2, 0.25) is 0 Å². The number of nitrogens with zero attached hydrogens (tertiary/aromatic N) is 1. The molecule has 3 nitrogen and oxygen atoms in total. The zero-order valence-corrected chi connectivity index (χ0v) is 12.7. The molecule has 0 N–H and O–H groups in total. The maximum atomic E-state index is 13.6. The summed E-state index contributed by atoms with van der Waals surface area (Å²) in [6, 6.07) is 8.85. The monoisotopic (exact) mass is 291 g/mol. The Bertz CT molecular complexity index is 528. The number of halogens is 1. The number of nitriles is 1. The third-order valence-electron chi connectivity index (χ3n) is 4.19. The van der Waals surface area contributed by atoms with Crippen molar-refractivity contribution in [1.82, 2.24) is 0 Å². The Labute approximate surface area is 125 Å². The van der Waals surface area contributed by atoms with Crippen molar-refractivity contribution in [2.45, 2.75) is 57.3 Å². The first-order valence-corrected chi connectivity index (χ1v) is 7.45. The fourth-order valence-corrected chi connectivity index (χ4v) is 2.82. The molecule has 1 saturated heterocycles. The van der Waals surface area contributed by atoms with Gasteiger partial charge in [-0.05, 0) is 38.7 Å². The van der Waals surface area contributed by atoms with Crippen LogP contribution in [0.3, 0.4) is 0 Å². The molecule has 0 radical (unpaired) electrons. The first-order chi connectivity index (χ1) is 10.0. The van der Waals surface area contributed by atoms with Crippen LogP contribution in [0.1, 0.15) is 45.1 Å². The molecule has 0 spiro atoms. The normalized spacial score (nSPS) is 29.0. The lowest BCUT2D eigenvalue weighted by atomic mass is 9.85. The van der Waals surface area contributed by atoms with Gasteiger partial charge in [0, 0.05) is 5.56 Å². The quantitative estimate of drug-likeness (QED) is 0.824. The van der Waals surface area contributed by atoms with Gasteiger partial charge in [-0.1, -0.05) is 25.1 Å². The summed E-state index contributed by atoms with van der Waals surface area (Å²) in [6.45, 7) is 4.47. The summed E-state index contributed by atoms with van der Waals surface area (Å²) in [4.78, 5) is 0. The molecule has 2 rings (SSSR count). The lowest BCUT2D eigenvalue weighted by Crippen LogP contribution is -2.49. The molecule has 0 aliphatic carbocycles. The number of rotatable bonds is 5. The van der Waals surface area contributed by atoms with Gasteiger partial charge in [-0.25, -0.2) is 4.39 Å². The van der Waals surface area contributed by atoms with Crippen molar-refractivity contribution in [3.05, 3.63) is 35.6 Å². The number of benzene rings is 1. The summed E-state index contributed by atoms with van der Waals surface area (Å²) in [5, 5.41) is 9.25. The first kappa shape index (κ1) is 15.9. The second kappa shape index (κ2) is 6.55. The van der Waals surface area contributed by atoms with E-state index in [2.05, 4.69) is 6.07 Å². The lowest BCUT2D eigenvalue weighted by Gasteiger charge is -2.43. The molecule has 0 aromatic heterocycles. The fourth-order valence-electron chi connectivity index (χ4n) is 2.82. The van der Waals surface area contributed by atoms with Gasteiger partial charge in [0.2, 0.25) is 0 Å². The van der Waals surface area contributed by atoms with Crippen molar-refractivity contribution in [1.29, 1.82) is 5.26 Å². The molecule has 1 fully saturated rings. The molecule has 2 unspecified atom stereocenters. The van der Waals surface area contributed by atoms with E-state index in [1.807, 2.05) is 13.8 Å². The third kappa shape index (κ3) is 3.81. The van der Waals surface area contributed by atoms with E-state index in [4.69, 9.17) is 9.47 Å². The van der Waals surface area contributed by atoms with Gasteiger partial charge in [-0.2, -0.15) is 5.26 Å². The lowest BCUT2D eigenvalue weighted by molar-refractivity contribution is -0.186. The molecule has 4 heteroatoms. The molecule has 2 atom stereocenters. The zero-order valence-electron chi connectivity index (χ0n) is 12.7. The number of hydrogen-bond donors (Lipinski definition) is 0. The molecule has 0 amide bonds. The Hall–Kier alpha value is -1.44. The molecule has 21 heavy (non-hydrogen) atoms. The highest BCUT2D eigenvalue weighted by molar-refractivity contribution is 5.16. The first-order valence-electron chi connectivity index (χ1n) is 7.45. The van der Waals surface area contributed by atoms with E-state index in [1.165, 1.54) is 6.07 Å². The Balaban J connectivity index is 1.97. The smallest absolute Gasteiger partial charge is 0.152 e. The molecule has 1 aliphatic rings. The average molecular weight is 291 g/mol. The van der Waals surface area contributed by atoms with Crippen LogP contribution in [0.15, 0.2) is 24.3 Å². The Morgan fingerprint density at radius 3 is 2.81 bits per heavy atom. The molecular formula is C17H22FNO2. The molecule has 1 aromatic carbocycles. The van der Waals surface area contributed by atoms with E-state index in [0.717, 1.165) is 25.7 Å². The van der Waals surface area contributed by atoms with Crippen LogP contribution >= 0.6 is 0 Å². The minimum atomic E-state index is -0.740.